The highest BCUT2D eigenvalue weighted by Crippen LogP contribution is 2.16. The summed E-state index contributed by atoms with van der Waals surface area (Å²) in [6.07, 6.45) is 2.52. The summed E-state index contributed by atoms with van der Waals surface area (Å²) in [7, 11) is 1.65. The zero-order valence-corrected chi connectivity index (χ0v) is 11.0. The van der Waals surface area contributed by atoms with E-state index in [1.54, 1.807) is 13.3 Å². The lowest BCUT2D eigenvalue weighted by Crippen LogP contribution is -2.04. The summed E-state index contributed by atoms with van der Waals surface area (Å²) < 4.78 is 10.8. The van der Waals surface area contributed by atoms with E-state index in [4.69, 9.17) is 15.2 Å². The van der Waals surface area contributed by atoms with E-state index in [1.807, 2.05) is 36.4 Å². The van der Waals surface area contributed by atoms with Gasteiger partial charge >= 0.3 is 0 Å². The van der Waals surface area contributed by atoms with E-state index in [9.17, 15) is 0 Å². The summed E-state index contributed by atoms with van der Waals surface area (Å²) in [5.74, 6) is 1.58. The third-order valence-electron chi connectivity index (χ3n) is 2.74. The van der Waals surface area contributed by atoms with Crippen molar-refractivity contribution in [3.8, 4) is 11.5 Å². The quantitative estimate of drug-likeness (QED) is 0.862. The third kappa shape index (κ3) is 3.96. The van der Waals surface area contributed by atoms with Crippen molar-refractivity contribution in [2.24, 2.45) is 5.73 Å². The number of pyridine rings is 1. The largest absolute Gasteiger partial charge is 0.497 e. The van der Waals surface area contributed by atoms with E-state index in [0.29, 0.717) is 13.2 Å². The molecule has 19 heavy (non-hydrogen) atoms. The van der Waals surface area contributed by atoms with Crippen LogP contribution in [0, 0.1) is 0 Å². The molecule has 2 aromatic rings. The summed E-state index contributed by atoms with van der Waals surface area (Å²) >= 11 is 0. The Morgan fingerprint density at radius 1 is 1.16 bits per heavy atom. The van der Waals surface area contributed by atoms with Crippen LogP contribution in [0.2, 0.25) is 0 Å². The predicted octanol–water partition coefficient (Wildman–Crippen LogP) is 2.17. The fourth-order valence-corrected chi connectivity index (χ4v) is 1.72. The molecule has 0 aliphatic carbocycles. The summed E-state index contributed by atoms with van der Waals surface area (Å²) in [4.78, 5) is 4.28. The molecule has 0 saturated heterocycles. The van der Waals surface area contributed by atoms with Crippen LogP contribution >= 0.6 is 0 Å². The van der Waals surface area contributed by atoms with E-state index in [0.717, 1.165) is 29.2 Å². The Bertz CT molecular complexity index is 512. The van der Waals surface area contributed by atoms with E-state index < -0.39 is 0 Å². The maximum atomic E-state index is 5.68. The second-order valence-electron chi connectivity index (χ2n) is 4.16. The van der Waals surface area contributed by atoms with Gasteiger partial charge in [-0.1, -0.05) is 12.1 Å². The number of methoxy groups -OCH3 is 1. The first kappa shape index (κ1) is 13.4. The normalized spacial score (nSPS) is 10.2. The summed E-state index contributed by atoms with van der Waals surface area (Å²) in [5, 5.41) is 0. The van der Waals surface area contributed by atoms with Crippen LogP contribution in [0.15, 0.2) is 42.6 Å². The highest BCUT2D eigenvalue weighted by Gasteiger charge is 1.99. The Morgan fingerprint density at radius 2 is 2.05 bits per heavy atom. The Morgan fingerprint density at radius 3 is 2.74 bits per heavy atom. The molecule has 4 nitrogen and oxygen atoms in total. The molecule has 0 aliphatic heterocycles. The molecule has 1 aromatic heterocycles. The second-order valence-corrected chi connectivity index (χ2v) is 4.16. The molecule has 0 aliphatic rings. The van der Waals surface area contributed by atoms with Crippen LogP contribution in [-0.4, -0.2) is 18.6 Å². The minimum Gasteiger partial charge on any atom is -0.497 e. The molecular weight excluding hydrogens is 240 g/mol. The van der Waals surface area contributed by atoms with Gasteiger partial charge in [0.15, 0.2) is 0 Å². The van der Waals surface area contributed by atoms with Gasteiger partial charge in [-0.3, -0.25) is 4.98 Å². The number of aromatic nitrogens is 1. The van der Waals surface area contributed by atoms with Gasteiger partial charge in [-0.25, -0.2) is 0 Å². The molecule has 1 aromatic carbocycles. The number of nitrogens with two attached hydrogens (primary N) is 1. The lowest BCUT2D eigenvalue weighted by Gasteiger charge is -2.08. The molecule has 2 rings (SSSR count). The van der Waals surface area contributed by atoms with Crippen molar-refractivity contribution in [1.82, 2.24) is 4.98 Å². The molecule has 2 N–H and O–H groups in total. The van der Waals surface area contributed by atoms with Crippen LogP contribution < -0.4 is 15.2 Å². The maximum Gasteiger partial charge on any atom is 0.138 e. The summed E-state index contributed by atoms with van der Waals surface area (Å²) in [6, 6.07) is 11.7. The number of hydrogen-bond acceptors (Lipinski definition) is 4. The first-order valence-corrected chi connectivity index (χ1v) is 6.22. The maximum absolute atomic E-state index is 5.68. The van der Waals surface area contributed by atoms with Crippen LogP contribution in [-0.2, 0) is 13.0 Å². The van der Waals surface area contributed by atoms with Crippen molar-refractivity contribution in [1.29, 1.82) is 0 Å². The molecule has 0 saturated carbocycles. The van der Waals surface area contributed by atoms with Crippen LogP contribution in [0.25, 0.3) is 0 Å². The fourth-order valence-electron chi connectivity index (χ4n) is 1.72. The first-order chi connectivity index (χ1) is 9.31. The van der Waals surface area contributed by atoms with Gasteiger partial charge in [-0.2, -0.15) is 0 Å². The molecular formula is C15H18N2O2. The van der Waals surface area contributed by atoms with E-state index in [-0.39, 0.29) is 0 Å². The van der Waals surface area contributed by atoms with Crippen molar-refractivity contribution >= 4 is 0 Å². The molecule has 0 unspecified atom stereocenters. The second kappa shape index (κ2) is 6.75. The highest BCUT2D eigenvalue weighted by atomic mass is 16.5. The standard InChI is InChI=1S/C15H18N2O2/c1-18-14-4-2-3-12(9-14)11-19-15-6-5-13(7-8-16)17-10-15/h2-6,9-10H,7-8,11,16H2,1H3. The van der Waals surface area contributed by atoms with Gasteiger partial charge in [0.1, 0.15) is 18.1 Å². The van der Waals surface area contributed by atoms with Crippen molar-refractivity contribution < 1.29 is 9.47 Å². The van der Waals surface area contributed by atoms with Gasteiger partial charge in [0.05, 0.1) is 13.3 Å². The van der Waals surface area contributed by atoms with Crippen molar-refractivity contribution in [2.45, 2.75) is 13.0 Å². The SMILES string of the molecule is COc1cccc(COc2ccc(CCN)nc2)c1. The van der Waals surface area contributed by atoms with Gasteiger partial charge in [-0.05, 0) is 36.4 Å². The molecule has 0 bridgehead atoms. The van der Waals surface area contributed by atoms with Crippen LogP contribution in [0.5, 0.6) is 11.5 Å². The van der Waals surface area contributed by atoms with E-state index in [1.165, 1.54) is 0 Å². The van der Waals surface area contributed by atoms with E-state index >= 15 is 0 Å². The third-order valence-corrected chi connectivity index (χ3v) is 2.74. The van der Waals surface area contributed by atoms with Gasteiger partial charge < -0.3 is 15.2 Å². The molecule has 1 heterocycles. The topological polar surface area (TPSA) is 57.4 Å². The summed E-state index contributed by atoms with van der Waals surface area (Å²) in [5.41, 5.74) is 7.52. The lowest BCUT2D eigenvalue weighted by atomic mass is 10.2. The van der Waals surface area contributed by atoms with E-state index in [2.05, 4.69) is 4.98 Å². The number of benzene rings is 1. The summed E-state index contributed by atoms with van der Waals surface area (Å²) in [6.45, 7) is 1.10. The molecule has 0 fully saturated rings. The van der Waals surface area contributed by atoms with Gasteiger partial charge in [0, 0.05) is 12.1 Å². The average molecular weight is 258 g/mol. The lowest BCUT2D eigenvalue weighted by molar-refractivity contribution is 0.304. The molecule has 4 heteroatoms. The number of nitrogens with zero attached hydrogens (tertiary/aromatic N) is 1. The minimum atomic E-state index is 0.495. The zero-order valence-electron chi connectivity index (χ0n) is 11.0. The Labute approximate surface area is 113 Å². The molecule has 0 amide bonds. The number of ether oxygens (including phenoxy) is 2. The average Bonchev–Trinajstić information content (AvgIpc) is 2.47. The van der Waals surface area contributed by atoms with Gasteiger partial charge in [-0.15, -0.1) is 0 Å². The predicted molar refractivity (Wildman–Crippen MR) is 74.3 cm³/mol. The van der Waals surface area contributed by atoms with Gasteiger partial charge in [0.25, 0.3) is 0 Å². The monoisotopic (exact) mass is 258 g/mol. The Balaban J connectivity index is 1.94. The first-order valence-electron chi connectivity index (χ1n) is 6.22. The molecule has 0 radical (unpaired) electrons. The fraction of sp³-hybridized carbons (Fsp3) is 0.267. The minimum absolute atomic E-state index is 0.495. The van der Waals surface area contributed by atoms with Crippen LogP contribution in [0.3, 0.4) is 0 Å². The van der Waals surface area contributed by atoms with Crippen LogP contribution in [0.1, 0.15) is 11.3 Å². The Hall–Kier alpha value is -2.07. The van der Waals surface area contributed by atoms with Crippen LogP contribution in [0.4, 0.5) is 0 Å². The molecule has 0 spiro atoms. The molecule has 100 valence electrons. The highest BCUT2D eigenvalue weighted by molar-refractivity contribution is 5.28. The number of rotatable bonds is 6. The van der Waals surface area contributed by atoms with Crippen molar-refractivity contribution in [3.63, 3.8) is 0 Å². The number of hydrogen-bond donors (Lipinski definition) is 1. The zero-order chi connectivity index (χ0) is 13.5. The van der Waals surface area contributed by atoms with Gasteiger partial charge in [0.2, 0.25) is 0 Å². The molecule has 0 atom stereocenters. The Kier molecular flexibility index (Phi) is 4.75. The van der Waals surface area contributed by atoms with Crippen molar-refractivity contribution in [3.05, 3.63) is 53.9 Å². The van der Waals surface area contributed by atoms with Crippen molar-refractivity contribution in [2.75, 3.05) is 13.7 Å². The smallest absolute Gasteiger partial charge is 0.138 e.